The Morgan fingerprint density at radius 3 is 2.68 bits per heavy atom. The van der Waals surface area contributed by atoms with E-state index in [1.165, 1.54) is 0 Å². The van der Waals surface area contributed by atoms with E-state index in [2.05, 4.69) is 9.97 Å². The molecule has 0 spiro atoms. The van der Waals surface area contributed by atoms with Crippen molar-refractivity contribution in [2.24, 2.45) is 0 Å². The topological polar surface area (TPSA) is 44.2 Å². The molecule has 0 N–H and O–H groups in total. The minimum atomic E-state index is 0.542. The Morgan fingerprint density at radius 1 is 0.955 bits per heavy atom. The van der Waals surface area contributed by atoms with Gasteiger partial charge in [-0.3, -0.25) is 4.98 Å². The molecule has 4 heteroatoms. The van der Waals surface area contributed by atoms with Crippen molar-refractivity contribution < 1.29 is 9.47 Å². The Bertz CT molecular complexity index is 759. The van der Waals surface area contributed by atoms with Gasteiger partial charge in [0, 0.05) is 12.2 Å². The Morgan fingerprint density at radius 2 is 1.82 bits per heavy atom. The van der Waals surface area contributed by atoms with Crippen molar-refractivity contribution in [2.75, 3.05) is 19.8 Å². The van der Waals surface area contributed by atoms with Gasteiger partial charge in [-0.15, -0.1) is 0 Å². The molecule has 0 unspecified atom stereocenters. The van der Waals surface area contributed by atoms with Crippen LogP contribution in [0.25, 0.3) is 22.3 Å². The summed E-state index contributed by atoms with van der Waals surface area (Å²) in [5.74, 6) is 0.812. The van der Waals surface area contributed by atoms with E-state index < -0.39 is 0 Å². The molecule has 3 rings (SSSR count). The molecular weight excluding hydrogens is 276 g/mol. The van der Waals surface area contributed by atoms with Crippen LogP contribution < -0.4 is 4.74 Å². The van der Waals surface area contributed by atoms with Crippen LogP contribution in [0.1, 0.15) is 6.92 Å². The van der Waals surface area contributed by atoms with Crippen molar-refractivity contribution in [3.8, 4) is 17.0 Å². The predicted molar refractivity (Wildman–Crippen MR) is 87.0 cm³/mol. The number of hydrogen-bond donors (Lipinski definition) is 0. The van der Waals surface area contributed by atoms with E-state index in [-0.39, 0.29) is 0 Å². The van der Waals surface area contributed by atoms with Crippen molar-refractivity contribution in [3.05, 3.63) is 54.7 Å². The fourth-order valence-electron chi connectivity index (χ4n) is 2.20. The molecule has 0 aliphatic carbocycles. The number of ether oxygens (including phenoxy) is 2. The molecule has 0 bridgehead atoms. The van der Waals surface area contributed by atoms with Crippen molar-refractivity contribution in [2.45, 2.75) is 6.92 Å². The smallest absolute Gasteiger partial charge is 0.120 e. The molecule has 3 aromatic rings. The molecule has 1 aromatic heterocycles. The molecule has 2 aromatic carbocycles. The summed E-state index contributed by atoms with van der Waals surface area (Å²) in [4.78, 5) is 9.10. The molecule has 0 saturated carbocycles. The first kappa shape index (κ1) is 14.5. The summed E-state index contributed by atoms with van der Waals surface area (Å²) in [6.07, 6.45) is 1.79. The van der Waals surface area contributed by atoms with E-state index in [1.807, 2.05) is 55.5 Å². The SMILES string of the molecule is CCOCCOc1cccc(-c2cnc3ccccc3n2)c1. The van der Waals surface area contributed by atoms with Crippen LogP contribution in [-0.2, 0) is 4.74 Å². The maximum atomic E-state index is 5.68. The maximum absolute atomic E-state index is 5.68. The number of aromatic nitrogens is 2. The Kier molecular flexibility index (Phi) is 4.61. The van der Waals surface area contributed by atoms with Gasteiger partial charge < -0.3 is 9.47 Å². The first-order chi connectivity index (χ1) is 10.9. The summed E-state index contributed by atoms with van der Waals surface area (Å²) in [6.45, 7) is 3.81. The van der Waals surface area contributed by atoms with Gasteiger partial charge >= 0.3 is 0 Å². The van der Waals surface area contributed by atoms with Crippen LogP contribution >= 0.6 is 0 Å². The van der Waals surface area contributed by atoms with Crippen LogP contribution in [0.5, 0.6) is 5.75 Å². The van der Waals surface area contributed by atoms with Crippen LogP contribution in [0.3, 0.4) is 0 Å². The number of hydrogen-bond acceptors (Lipinski definition) is 4. The van der Waals surface area contributed by atoms with Gasteiger partial charge in [-0.2, -0.15) is 0 Å². The number of para-hydroxylation sites is 2. The zero-order chi connectivity index (χ0) is 15.2. The quantitative estimate of drug-likeness (QED) is 0.650. The van der Waals surface area contributed by atoms with Gasteiger partial charge in [0.25, 0.3) is 0 Å². The van der Waals surface area contributed by atoms with Gasteiger partial charge in [-0.25, -0.2) is 4.98 Å². The van der Waals surface area contributed by atoms with Crippen molar-refractivity contribution in [1.29, 1.82) is 0 Å². The standard InChI is InChI=1S/C18H18N2O2/c1-2-21-10-11-22-15-7-5-6-14(12-15)18-13-19-16-8-3-4-9-17(16)20-18/h3-9,12-13H,2,10-11H2,1H3. The average molecular weight is 294 g/mol. The summed E-state index contributed by atoms with van der Waals surface area (Å²) in [6, 6.07) is 15.7. The highest BCUT2D eigenvalue weighted by molar-refractivity contribution is 5.77. The van der Waals surface area contributed by atoms with Crippen LogP contribution in [0.2, 0.25) is 0 Å². The lowest BCUT2D eigenvalue weighted by Gasteiger charge is -2.08. The summed E-state index contributed by atoms with van der Waals surface area (Å²) in [5.41, 5.74) is 3.62. The van der Waals surface area contributed by atoms with Crippen molar-refractivity contribution >= 4 is 11.0 Å². The first-order valence-corrected chi connectivity index (χ1v) is 7.39. The van der Waals surface area contributed by atoms with Gasteiger partial charge in [-0.05, 0) is 31.2 Å². The lowest BCUT2D eigenvalue weighted by atomic mass is 10.1. The second kappa shape index (κ2) is 7.00. The number of fused-ring (bicyclic) bond motifs is 1. The van der Waals surface area contributed by atoms with E-state index in [4.69, 9.17) is 9.47 Å². The highest BCUT2D eigenvalue weighted by Crippen LogP contribution is 2.23. The molecule has 0 amide bonds. The fraction of sp³-hybridized carbons (Fsp3) is 0.222. The third-order valence-corrected chi connectivity index (χ3v) is 3.28. The van der Waals surface area contributed by atoms with Gasteiger partial charge in [-0.1, -0.05) is 24.3 Å². The van der Waals surface area contributed by atoms with E-state index in [9.17, 15) is 0 Å². The third kappa shape index (κ3) is 3.40. The number of benzene rings is 2. The van der Waals surface area contributed by atoms with Gasteiger partial charge in [0.05, 0.1) is 29.5 Å². The summed E-state index contributed by atoms with van der Waals surface area (Å²) in [5, 5.41) is 0. The average Bonchev–Trinajstić information content (AvgIpc) is 2.59. The van der Waals surface area contributed by atoms with Crippen LogP contribution in [0.4, 0.5) is 0 Å². The molecule has 22 heavy (non-hydrogen) atoms. The molecule has 1 heterocycles. The first-order valence-electron chi connectivity index (χ1n) is 7.39. The van der Waals surface area contributed by atoms with Gasteiger partial charge in [0.15, 0.2) is 0 Å². The largest absolute Gasteiger partial charge is 0.491 e. The maximum Gasteiger partial charge on any atom is 0.120 e. The van der Waals surface area contributed by atoms with Gasteiger partial charge in [0.1, 0.15) is 12.4 Å². The number of rotatable bonds is 6. The van der Waals surface area contributed by atoms with E-state index in [0.29, 0.717) is 19.8 Å². The van der Waals surface area contributed by atoms with Crippen molar-refractivity contribution in [3.63, 3.8) is 0 Å². The van der Waals surface area contributed by atoms with Crippen molar-refractivity contribution in [1.82, 2.24) is 9.97 Å². The summed E-state index contributed by atoms with van der Waals surface area (Å²) in [7, 11) is 0. The molecule has 0 saturated heterocycles. The Balaban J connectivity index is 1.80. The van der Waals surface area contributed by atoms with E-state index in [0.717, 1.165) is 28.0 Å². The third-order valence-electron chi connectivity index (χ3n) is 3.28. The van der Waals surface area contributed by atoms with E-state index >= 15 is 0 Å². The monoisotopic (exact) mass is 294 g/mol. The molecule has 0 aliphatic heterocycles. The molecule has 0 aliphatic rings. The molecule has 0 atom stereocenters. The number of nitrogens with zero attached hydrogens (tertiary/aromatic N) is 2. The zero-order valence-electron chi connectivity index (χ0n) is 12.5. The molecular formula is C18H18N2O2. The summed E-state index contributed by atoms with van der Waals surface area (Å²) < 4.78 is 11.0. The minimum Gasteiger partial charge on any atom is -0.491 e. The van der Waals surface area contributed by atoms with Gasteiger partial charge in [0.2, 0.25) is 0 Å². The summed E-state index contributed by atoms with van der Waals surface area (Å²) >= 11 is 0. The highest BCUT2D eigenvalue weighted by Gasteiger charge is 2.04. The van der Waals surface area contributed by atoms with Crippen LogP contribution in [-0.4, -0.2) is 29.8 Å². The van der Waals surface area contributed by atoms with Crippen LogP contribution in [0.15, 0.2) is 54.7 Å². The fourth-order valence-corrected chi connectivity index (χ4v) is 2.20. The lowest BCUT2D eigenvalue weighted by molar-refractivity contribution is 0.110. The van der Waals surface area contributed by atoms with E-state index in [1.54, 1.807) is 6.20 Å². The molecule has 4 nitrogen and oxygen atoms in total. The molecule has 0 fully saturated rings. The highest BCUT2D eigenvalue weighted by atomic mass is 16.5. The zero-order valence-corrected chi connectivity index (χ0v) is 12.5. The molecule has 0 radical (unpaired) electrons. The Labute approximate surface area is 129 Å². The lowest BCUT2D eigenvalue weighted by Crippen LogP contribution is -2.06. The molecule has 112 valence electrons. The van der Waals surface area contributed by atoms with Crippen LogP contribution in [0, 0.1) is 0 Å². The normalized spacial score (nSPS) is 10.8. The second-order valence-electron chi connectivity index (χ2n) is 4.82. The second-order valence-corrected chi connectivity index (χ2v) is 4.82. The predicted octanol–water partition coefficient (Wildman–Crippen LogP) is 3.71. The minimum absolute atomic E-state index is 0.542. The Hall–Kier alpha value is -2.46.